The number of carbonyl (C=O) groups excluding carboxylic acids is 1. The summed E-state index contributed by atoms with van der Waals surface area (Å²) >= 11 is 6.90. The lowest BCUT2D eigenvalue weighted by molar-refractivity contribution is -0.143. The van der Waals surface area contributed by atoms with Crippen LogP contribution in [-0.4, -0.2) is 62.1 Å². The third-order valence-corrected chi connectivity index (χ3v) is 10.8. The second-order valence-electron chi connectivity index (χ2n) is 9.23. The molecule has 0 saturated heterocycles. The Hall–Kier alpha value is -3.50. The number of thioether (sulfide) groups is 1. The van der Waals surface area contributed by atoms with Crippen LogP contribution < -0.4 is 4.74 Å². The summed E-state index contributed by atoms with van der Waals surface area (Å²) in [6.45, 7) is 0.697. The number of esters is 1. The molecule has 3 aromatic carbocycles. The molecule has 0 unspecified atom stereocenters. The molecular weight excluding hydrogens is 660 g/mol. The van der Waals surface area contributed by atoms with E-state index in [9.17, 15) is 30.4 Å². The second-order valence-corrected chi connectivity index (χ2v) is 14.6. The Labute approximate surface area is 262 Å². The van der Waals surface area contributed by atoms with Crippen LogP contribution in [0.25, 0.3) is 0 Å². The van der Waals surface area contributed by atoms with Gasteiger partial charge in [-0.1, -0.05) is 29.3 Å². The molecule has 4 rings (SSSR count). The minimum Gasteiger partial charge on any atom is -0.476 e. The molecule has 0 aliphatic rings. The lowest BCUT2D eigenvalue weighted by Crippen LogP contribution is -2.32. The summed E-state index contributed by atoms with van der Waals surface area (Å²) in [4.78, 5) is 15.5. The number of nitrogens with zero attached hydrogens (tertiary/aromatic N) is 3. The van der Waals surface area contributed by atoms with E-state index in [1.807, 2.05) is 6.92 Å². The van der Waals surface area contributed by atoms with Crippen LogP contribution in [0.4, 0.5) is 8.78 Å². The zero-order chi connectivity index (χ0) is 32.1. The van der Waals surface area contributed by atoms with E-state index >= 15 is 0 Å². The van der Waals surface area contributed by atoms with Crippen molar-refractivity contribution in [3.63, 3.8) is 0 Å². The minimum atomic E-state index is -4.14. The number of methoxy groups -OCH3 is 1. The molecule has 0 radical (unpaired) electrons. The summed E-state index contributed by atoms with van der Waals surface area (Å²) in [5, 5.41) is 0.328. The highest BCUT2D eigenvalue weighted by Crippen LogP contribution is 2.29. The van der Waals surface area contributed by atoms with E-state index < -0.39 is 50.0 Å². The third-order valence-electron chi connectivity index (χ3n) is 6.14. The number of benzene rings is 3. The predicted octanol–water partition coefficient (Wildman–Crippen LogP) is 4.90. The first kappa shape index (κ1) is 33.4. The normalized spacial score (nSPS) is 12.0. The molecular formula is C28H26ClF2N3O7S3. The number of rotatable bonds is 13. The number of sulfonamides is 1. The van der Waals surface area contributed by atoms with Crippen molar-refractivity contribution in [1.82, 2.24) is 13.3 Å². The minimum absolute atomic E-state index is 0.0373. The van der Waals surface area contributed by atoms with Crippen LogP contribution in [-0.2, 0) is 36.1 Å². The van der Waals surface area contributed by atoms with Crippen molar-refractivity contribution in [2.45, 2.75) is 28.2 Å². The lowest BCUT2D eigenvalue weighted by atomic mass is 10.2. The van der Waals surface area contributed by atoms with Gasteiger partial charge < -0.3 is 9.47 Å². The maximum absolute atomic E-state index is 14.5. The molecule has 0 bridgehead atoms. The first-order chi connectivity index (χ1) is 20.8. The van der Waals surface area contributed by atoms with Gasteiger partial charge >= 0.3 is 5.97 Å². The van der Waals surface area contributed by atoms with Crippen molar-refractivity contribution in [2.75, 3.05) is 26.0 Å². The van der Waals surface area contributed by atoms with Gasteiger partial charge in [0.15, 0.2) is 24.0 Å². The summed E-state index contributed by atoms with van der Waals surface area (Å²) in [7, 11) is -7.02. The molecule has 0 amide bonds. The fourth-order valence-corrected chi connectivity index (χ4v) is 7.55. The molecule has 0 spiro atoms. The fraction of sp³-hybridized carbons (Fsp3) is 0.214. The Morgan fingerprint density at radius 3 is 2.23 bits per heavy atom. The van der Waals surface area contributed by atoms with Crippen molar-refractivity contribution >= 4 is 49.4 Å². The number of ether oxygens (including phenoxy) is 2. The summed E-state index contributed by atoms with van der Waals surface area (Å²) in [5.41, 5.74) is 1.02. The lowest BCUT2D eigenvalue weighted by Gasteiger charge is -2.21. The van der Waals surface area contributed by atoms with Crippen LogP contribution in [0.15, 0.2) is 87.9 Å². The number of hydrogen-bond acceptors (Lipinski definition) is 9. The second kappa shape index (κ2) is 14.1. The zero-order valence-corrected chi connectivity index (χ0v) is 26.5. The van der Waals surface area contributed by atoms with Gasteiger partial charge in [-0.05, 0) is 55.5 Å². The number of halogens is 3. The molecule has 1 heterocycles. The van der Waals surface area contributed by atoms with E-state index in [1.165, 1.54) is 42.6 Å². The molecule has 0 N–H and O–H groups in total. The molecule has 0 aliphatic heterocycles. The molecule has 0 aliphatic carbocycles. The average molecular weight is 686 g/mol. The first-order valence-corrected chi connectivity index (χ1v) is 17.0. The summed E-state index contributed by atoms with van der Waals surface area (Å²) < 4.78 is 93.6. The molecule has 16 heteroatoms. The highest BCUT2D eigenvalue weighted by Gasteiger charge is 2.27. The van der Waals surface area contributed by atoms with Crippen LogP contribution in [0.5, 0.6) is 5.75 Å². The van der Waals surface area contributed by atoms with Gasteiger partial charge in [-0.2, -0.15) is 4.31 Å². The van der Waals surface area contributed by atoms with Crippen molar-refractivity contribution in [2.24, 2.45) is 0 Å². The Balaban J connectivity index is 1.54. The zero-order valence-electron chi connectivity index (χ0n) is 23.3. The smallest absolute Gasteiger partial charge is 0.343 e. The molecule has 234 valence electrons. The summed E-state index contributed by atoms with van der Waals surface area (Å²) in [5.74, 6) is -3.62. The van der Waals surface area contributed by atoms with Crippen LogP contribution >= 0.6 is 23.4 Å². The number of aromatic nitrogens is 2. The highest BCUT2D eigenvalue weighted by molar-refractivity contribution is 7.99. The van der Waals surface area contributed by atoms with Gasteiger partial charge in [0.2, 0.25) is 10.0 Å². The van der Waals surface area contributed by atoms with Crippen molar-refractivity contribution in [1.29, 1.82) is 0 Å². The maximum atomic E-state index is 14.5. The number of imidazole rings is 1. The van der Waals surface area contributed by atoms with E-state index in [0.717, 1.165) is 51.2 Å². The van der Waals surface area contributed by atoms with E-state index in [1.54, 1.807) is 12.1 Å². The molecule has 44 heavy (non-hydrogen) atoms. The maximum Gasteiger partial charge on any atom is 0.343 e. The van der Waals surface area contributed by atoms with Crippen molar-refractivity contribution < 1.29 is 39.9 Å². The van der Waals surface area contributed by atoms with Gasteiger partial charge in [0.05, 0.1) is 29.1 Å². The molecule has 0 fully saturated rings. The van der Waals surface area contributed by atoms with Crippen LogP contribution in [0.1, 0.15) is 11.3 Å². The highest BCUT2D eigenvalue weighted by atomic mass is 35.5. The van der Waals surface area contributed by atoms with Gasteiger partial charge in [-0.15, -0.1) is 11.8 Å². The standard InChI is InChI=1S/C28H26ClF2N3O7S3/c1-19-3-7-23(8-4-19)44(38,39)34-16-21(32-18-34)15-33(43(36,37)24-9-5-20(29)6-10-24)11-12-42-22-13-25(30)28(26(31)14-22)41-17-27(35)40-2/h3-10,13-14,16,18H,11-12,15,17H2,1-2H3. The van der Waals surface area contributed by atoms with Gasteiger partial charge in [0, 0.05) is 28.4 Å². The van der Waals surface area contributed by atoms with Crippen molar-refractivity contribution in [3.8, 4) is 5.75 Å². The molecule has 0 atom stereocenters. The van der Waals surface area contributed by atoms with Gasteiger partial charge in [0.1, 0.15) is 6.33 Å². The number of hydrogen-bond donors (Lipinski definition) is 0. The molecule has 4 aromatic rings. The SMILES string of the molecule is COC(=O)COc1c(F)cc(SCCN(Cc2cn(S(=O)(=O)c3ccc(C)cc3)cn2)S(=O)(=O)c2ccc(Cl)cc2)cc1F. The average Bonchev–Trinajstić information content (AvgIpc) is 3.46. The van der Waals surface area contributed by atoms with Crippen LogP contribution in [0.3, 0.4) is 0 Å². The van der Waals surface area contributed by atoms with Crippen LogP contribution in [0.2, 0.25) is 5.02 Å². The topological polar surface area (TPSA) is 125 Å². The third kappa shape index (κ3) is 7.95. The van der Waals surface area contributed by atoms with Crippen LogP contribution in [0, 0.1) is 18.6 Å². The Kier molecular flexibility index (Phi) is 10.7. The van der Waals surface area contributed by atoms with E-state index in [2.05, 4.69) is 9.72 Å². The molecule has 10 nitrogen and oxygen atoms in total. The predicted molar refractivity (Wildman–Crippen MR) is 160 cm³/mol. The fourth-order valence-electron chi connectivity index (χ4n) is 3.82. The van der Waals surface area contributed by atoms with Gasteiger partial charge in [-0.25, -0.2) is 39.4 Å². The van der Waals surface area contributed by atoms with E-state index in [0.29, 0.717) is 5.02 Å². The van der Waals surface area contributed by atoms with Crippen molar-refractivity contribution in [3.05, 3.63) is 101 Å². The summed E-state index contributed by atoms with van der Waals surface area (Å²) in [6, 6.07) is 13.7. The van der Waals surface area contributed by atoms with E-state index in [-0.39, 0.29) is 39.2 Å². The van der Waals surface area contributed by atoms with Gasteiger partial charge in [-0.3, -0.25) is 0 Å². The Morgan fingerprint density at radius 2 is 1.61 bits per heavy atom. The molecule has 1 aromatic heterocycles. The van der Waals surface area contributed by atoms with Gasteiger partial charge in [0.25, 0.3) is 10.0 Å². The quantitative estimate of drug-likeness (QED) is 0.143. The molecule has 0 saturated carbocycles. The Morgan fingerprint density at radius 1 is 1.00 bits per heavy atom. The Bertz CT molecular complexity index is 1830. The number of carbonyl (C=O) groups is 1. The number of aryl methyl sites for hydroxylation is 1. The summed E-state index contributed by atoms with van der Waals surface area (Å²) in [6.07, 6.45) is 2.31. The van der Waals surface area contributed by atoms with E-state index in [4.69, 9.17) is 16.3 Å². The monoisotopic (exact) mass is 685 g/mol. The first-order valence-electron chi connectivity index (χ1n) is 12.7. The largest absolute Gasteiger partial charge is 0.476 e.